The summed E-state index contributed by atoms with van der Waals surface area (Å²) < 4.78 is 20.6. The molecule has 0 spiro atoms. The summed E-state index contributed by atoms with van der Waals surface area (Å²) in [6.07, 6.45) is 0. The molecular formula is C18H21NO6. The van der Waals surface area contributed by atoms with E-state index in [9.17, 15) is 9.90 Å². The number of nitrogens with zero attached hydrogens (tertiary/aromatic N) is 1. The van der Waals surface area contributed by atoms with E-state index in [0.29, 0.717) is 34.2 Å². The molecule has 0 unspecified atom stereocenters. The number of carbonyl (C=O) groups excluding carboxylic acids is 1. The van der Waals surface area contributed by atoms with Gasteiger partial charge in [-0.05, 0) is 24.3 Å². The standard InChI is InChI=1S/C18H21NO6/c1-19(12-6-7-15(22-2)14(20)10-12)13-8-11(18(21)25-5)9-16(23-3)17(13)24-4/h6-10,20H,1-5H3. The van der Waals surface area contributed by atoms with E-state index in [4.69, 9.17) is 18.9 Å². The van der Waals surface area contributed by atoms with E-state index in [2.05, 4.69) is 0 Å². The third-order valence-electron chi connectivity index (χ3n) is 3.79. The molecule has 1 N–H and O–H groups in total. The predicted molar refractivity (Wildman–Crippen MR) is 93.6 cm³/mol. The highest BCUT2D eigenvalue weighted by molar-refractivity contribution is 5.93. The molecule has 2 rings (SSSR count). The lowest BCUT2D eigenvalue weighted by Gasteiger charge is -2.24. The normalized spacial score (nSPS) is 10.1. The summed E-state index contributed by atoms with van der Waals surface area (Å²) in [5.41, 5.74) is 1.56. The van der Waals surface area contributed by atoms with Crippen molar-refractivity contribution in [3.63, 3.8) is 0 Å². The maximum absolute atomic E-state index is 11.9. The van der Waals surface area contributed by atoms with Crippen molar-refractivity contribution in [1.29, 1.82) is 0 Å². The van der Waals surface area contributed by atoms with E-state index in [1.807, 2.05) is 0 Å². The summed E-state index contributed by atoms with van der Waals surface area (Å²) in [6, 6.07) is 8.15. The number of phenolic OH excluding ortho intramolecular Hbond substituents is 1. The molecular weight excluding hydrogens is 326 g/mol. The van der Waals surface area contributed by atoms with Crippen LogP contribution in [0.15, 0.2) is 30.3 Å². The maximum atomic E-state index is 11.9. The Morgan fingerprint density at radius 1 is 0.960 bits per heavy atom. The van der Waals surface area contributed by atoms with Gasteiger partial charge in [-0.15, -0.1) is 0 Å². The summed E-state index contributed by atoms with van der Waals surface area (Å²) >= 11 is 0. The van der Waals surface area contributed by atoms with E-state index >= 15 is 0 Å². The third kappa shape index (κ3) is 3.55. The van der Waals surface area contributed by atoms with E-state index in [1.165, 1.54) is 28.4 Å². The maximum Gasteiger partial charge on any atom is 0.338 e. The number of methoxy groups -OCH3 is 4. The summed E-state index contributed by atoms with van der Waals surface area (Å²) in [4.78, 5) is 13.7. The van der Waals surface area contributed by atoms with E-state index in [0.717, 1.165) is 0 Å². The zero-order valence-corrected chi connectivity index (χ0v) is 14.8. The molecule has 0 aliphatic rings. The smallest absolute Gasteiger partial charge is 0.338 e. The molecule has 0 saturated heterocycles. The molecule has 2 aromatic rings. The van der Waals surface area contributed by atoms with Crippen molar-refractivity contribution < 1.29 is 28.8 Å². The Bertz CT molecular complexity index is 774. The van der Waals surface area contributed by atoms with Crippen LogP contribution in [-0.2, 0) is 4.74 Å². The van der Waals surface area contributed by atoms with Gasteiger partial charge in [-0.25, -0.2) is 4.79 Å². The number of ether oxygens (including phenoxy) is 4. The number of anilines is 2. The van der Waals surface area contributed by atoms with Crippen LogP contribution in [-0.4, -0.2) is 46.6 Å². The van der Waals surface area contributed by atoms with E-state index < -0.39 is 5.97 Å². The highest BCUT2D eigenvalue weighted by atomic mass is 16.5. The Balaban J connectivity index is 2.58. The number of rotatable bonds is 6. The van der Waals surface area contributed by atoms with Gasteiger partial charge in [-0.2, -0.15) is 0 Å². The zero-order valence-electron chi connectivity index (χ0n) is 14.8. The van der Waals surface area contributed by atoms with Crippen LogP contribution >= 0.6 is 0 Å². The lowest BCUT2D eigenvalue weighted by atomic mass is 10.1. The van der Waals surface area contributed by atoms with Gasteiger partial charge in [0.15, 0.2) is 23.0 Å². The Hall–Kier alpha value is -3.09. The minimum absolute atomic E-state index is 0.00176. The van der Waals surface area contributed by atoms with Gasteiger partial charge in [0.25, 0.3) is 0 Å². The zero-order chi connectivity index (χ0) is 18.6. The second-order valence-corrected chi connectivity index (χ2v) is 5.14. The molecule has 0 aliphatic heterocycles. The third-order valence-corrected chi connectivity index (χ3v) is 3.79. The van der Waals surface area contributed by atoms with Gasteiger partial charge in [0.2, 0.25) is 0 Å². The van der Waals surface area contributed by atoms with E-state index in [-0.39, 0.29) is 5.75 Å². The largest absolute Gasteiger partial charge is 0.504 e. The molecule has 7 nitrogen and oxygen atoms in total. The Morgan fingerprint density at radius 2 is 1.64 bits per heavy atom. The molecule has 0 fully saturated rings. The molecule has 7 heteroatoms. The van der Waals surface area contributed by atoms with Crippen LogP contribution in [0.4, 0.5) is 11.4 Å². The topological polar surface area (TPSA) is 77.5 Å². The molecule has 2 aromatic carbocycles. The van der Waals surface area contributed by atoms with Crippen LogP contribution in [0.3, 0.4) is 0 Å². The fourth-order valence-corrected chi connectivity index (χ4v) is 2.46. The van der Waals surface area contributed by atoms with Crippen LogP contribution < -0.4 is 19.1 Å². The number of phenols is 1. The fourth-order valence-electron chi connectivity index (χ4n) is 2.46. The van der Waals surface area contributed by atoms with Gasteiger partial charge in [0.1, 0.15) is 0 Å². The number of aromatic hydroxyl groups is 1. The molecule has 0 aromatic heterocycles. The van der Waals surface area contributed by atoms with E-state index in [1.54, 1.807) is 42.3 Å². The van der Waals surface area contributed by atoms with Crippen molar-refractivity contribution >= 4 is 17.3 Å². The molecule has 0 radical (unpaired) electrons. The van der Waals surface area contributed by atoms with Gasteiger partial charge >= 0.3 is 5.97 Å². The lowest BCUT2D eigenvalue weighted by molar-refractivity contribution is 0.0600. The van der Waals surface area contributed by atoms with Crippen molar-refractivity contribution in [3.05, 3.63) is 35.9 Å². The Kier molecular flexibility index (Phi) is 5.59. The van der Waals surface area contributed by atoms with Crippen LogP contribution in [0, 0.1) is 0 Å². The lowest BCUT2D eigenvalue weighted by Crippen LogP contribution is -2.13. The van der Waals surface area contributed by atoms with Crippen molar-refractivity contribution in [2.75, 3.05) is 40.4 Å². The average Bonchev–Trinajstić information content (AvgIpc) is 2.65. The van der Waals surface area contributed by atoms with Crippen molar-refractivity contribution in [2.24, 2.45) is 0 Å². The van der Waals surface area contributed by atoms with Crippen molar-refractivity contribution in [2.45, 2.75) is 0 Å². The summed E-state index contributed by atoms with van der Waals surface area (Å²) in [5, 5.41) is 10.0. The van der Waals surface area contributed by atoms with Crippen LogP contribution in [0.1, 0.15) is 10.4 Å². The highest BCUT2D eigenvalue weighted by Crippen LogP contribution is 2.42. The monoisotopic (exact) mass is 347 g/mol. The van der Waals surface area contributed by atoms with Gasteiger partial charge in [-0.3, -0.25) is 0 Å². The molecule has 0 amide bonds. The number of benzene rings is 2. The summed E-state index contributed by atoms with van der Waals surface area (Å²) in [7, 11) is 7.57. The molecule has 0 aliphatic carbocycles. The average molecular weight is 347 g/mol. The van der Waals surface area contributed by atoms with Gasteiger partial charge in [0, 0.05) is 18.8 Å². The number of hydrogen-bond acceptors (Lipinski definition) is 7. The van der Waals surface area contributed by atoms with Crippen LogP contribution in [0.5, 0.6) is 23.0 Å². The SMILES string of the molecule is COC(=O)c1cc(OC)c(OC)c(N(C)c2ccc(OC)c(O)c2)c1. The van der Waals surface area contributed by atoms with Crippen LogP contribution in [0.2, 0.25) is 0 Å². The minimum atomic E-state index is -0.492. The Morgan fingerprint density at radius 3 is 2.16 bits per heavy atom. The molecule has 0 heterocycles. The van der Waals surface area contributed by atoms with Crippen molar-refractivity contribution in [1.82, 2.24) is 0 Å². The predicted octanol–water partition coefficient (Wildman–Crippen LogP) is 2.97. The highest BCUT2D eigenvalue weighted by Gasteiger charge is 2.20. The van der Waals surface area contributed by atoms with Gasteiger partial charge in [-0.1, -0.05) is 0 Å². The summed E-state index contributed by atoms with van der Waals surface area (Å²) in [5.74, 6) is 0.720. The molecule has 0 saturated carbocycles. The second kappa shape index (κ2) is 7.65. The van der Waals surface area contributed by atoms with Gasteiger partial charge in [0.05, 0.1) is 39.7 Å². The van der Waals surface area contributed by atoms with Crippen molar-refractivity contribution in [3.8, 4) is 23.0 Å². The first-order valence-electron chi connectivity index (χ1n) is 7.41. The first-order chi connectivity index (χ1) is 12.0. The number of esters is 1. The Labute approximate surface area is 146 Å². The first kappa shape index (κ1) is 18.3. The van der Waals surface area contributed by atoms with Crippen LogP contribution in [0.25, 0.3) is 0 Å². The molecule has 0 atom stereocenters. The number of hydrogen-bond donors (Lipinski definition) is 1. The molecule has 25 heavy (non-hydrogen) atoms. The molecule has 134 valence electrons. The second-order valence-electron chi connectivity index (χ2n) is 5.14. The first-order valence-corrected chi connectivity index (χ1v) is 7.41. The quantitative estimate of drug-likeness (QED) is 0.805. The fraction of sp³-hybridized carbons (Fsp3) is 0.278. The summed E-state index contributed by atoms with van der Waals surface area (Å²) in [6.45, 7) is 0. The molecule has 0 bridgehead atoms. The number of carbonyl (C=O) groups is 1. The minimum Gasteiger partial charge on any atom is -0.504 e. The van der Waals surface area contributed by atoms with Gasteiger partial charge < -0.3 is 29.0 Å².